The SMILES string of the molecule is Cc1cccnc1Oc1c(Cl)cccc1Cl. The maximum absolute atomic E-state index is 5.99. The van der Waals surface area contributed by atoms with Crippen molar-refractivity contribution in [3.63, 3.8) is 0 Å². The van der Waals surface area contributed by atoms with Gasteiger partial charge in [-0.3, -0.25) is 0 Å². The van der Waals surface area contributed by atoms with E-state index in [0.29, 0.717) is 21.7 Å². The molecule has 0 saturated carbocycles. The average Bonchev–Trinajstić information content (AvgIpc) is 2.26. The van der Waals surface area contributed by atoms with Crippen LogP contribution in [0.2, 0.25) is 10.0 Å². The van der Waals surface area contributed by atoms with Gasteiger partial charge in [0.2, 0.25) is 5.88 Å². The topological polar surface area (TPSA) is 22.1 Å². The van der Waals surface area contributed by atoms with Crippen molar-refractivity contribution in [1.82, 2.24) is 4.98 Å². The normalized spacial score (nSPS) is 10.2. The van der Waals surface area contributed by atoms with Crippen molar-refractivity contribution in [2.24, 2.45) is 0 Å². The lowest BCUT2D eigenvalue weighted by atomic mass is 10.3. The molecule has 0 aliphatic rings. The van der Waals surface area contributed by atoms with Gasteiger partial charge in [0.15, 0.2) is 5.75 Å². The predicted molar refractivity (Wildman–Crippen MR) is 65.5 cm³/mol. The number of ether oxygens (including phenoxy) is 1. The van der Waals surface area contributed by atoms with Gasteiger partial charge in [-0.25, -0.2) is 4.98 Å². The van der Waals surface area contributed by atoms with Gasteiger partial charge in [0, 0.05) is 11.8 Å². The molecular formula is C12H9Cl2NO. The first kappa shape index (κ1) is 11.2. The fourth-order valence-corrected chi connectivity index (χ4v) is 1.73. The average molecular weight is 254 g/mol. The van der Waals surface area contributed by atoms with Gasteiger partial charge in [-0.15, -0.1) is 0 Å². The molecule has 0 fully saturated rings. The van der Waals surface area contributed by atoms with E-state index >= 15 is 0 Å². The summed E-state index contributed by atoms with van der Waals surface area (Å²) in [6.07, 6.45) is 1.66. The molecule has 0 spiro atoms. The van der Waals surface area contributed by atoms with Crippen LogP contribution in [0.25, 0.3) is 0 Å². The molecule has 1 aromatic heterocycles. The Balaban J connectivity index is 2.38. The molecule has 0 amide bonds. The van der Waals surface area contributed by atoms with Crippen LogP contribution in [-0.2, 0) is 0 Å². The highest BCUT2D eigenvalue weighted by atomic mass is 35.5. The lowest BCUT2D eigenvalue weighted by Gasteiger charge is -2.09. The minimum absolute atomic E-state index is 0.438. The summed E-state index contributed by atoms with van der Waals surface area (Å²) in [7, 11) is 0. The summed E-state index contributed by atoms with van der Waals surface area (Å²) in [5, 5.41) is 0.940. The van der Waals surface area contributed by atoms with Crippen molar-refractivity contribution < 1.29 is 4.74 Å². The van der Waals surface area contributed by atoms with Crippen LogP contribution in [0.1, 0.15) is 5.56 Å². The van der Waals surface area contributed by atoms with Gasteiger partial charge in [0.25, 0.3) is 0 Å². The quantitative estimate of drug-likeness (QED) is 0.787. The van der Waals surface area contributed by atoms with Gasteiger partial charge >= 0.3 is 0 Å². The van der Waals surface area contributed by atoms with Crippen LogP contribution in [0.3, 0.4) is 0 Å². The van der Waals surface area contributed by atoms with E-state index in [1.807, 2.05) is 19.1 Å². The minimum Gasteiger partial charge on any atom is -0.436 e. The lowest BCUT2D eigenvalue weighted by Crippen LogP contribution is -1.91. The molecule has 0 bridgehead atoms. The Hall–Kier alpha value is -1.25. The Labute approximate surface area is 104 Å². The summed E-state index contributed by atoms with van der Waals surface area (Å²) >= 11 is 12.0. The van der Waals surface area contributed by atoms with Gasteiger partial charge in [0.1, 0.15) is 0 Å². The molecule has 0 radical (unpaired) electrons. The second-order valence-electron chi connectivity index (χ2n) is 3.28. The van der Waals surface area contributed by atoms with Crippen molar-refractivity contribution in [1.29, 1.82) is 0 Å². The zero-order valence-electron chi connectivity index (χ0n) is 8.58. The van der Waals surface area contributed by atoms with E-state index in [4.69, 9.17) is 27.9 Å². The highest BCUT2D eigenvalue weighted by Crippen LogP contribution is 2.35. The van der Waals surface area contributed by atoms with Crippen molar-refractivity contribution >= 4 is 23.2 Å². The second kappa shape index (κ2) is 4.73. The number of nitrogens with zero attached hydrogens (tertiary/aromatic N) is 1. The zero-order valence-corrected chi connectivity index (χ0v) is 10.1. The van der Waals surface area contributed by atoms with E-state index in [2.05, 4.69) is 4.98 Å². The smallest absolute Gasteiger partial charge is 0.222 e. The van der Waals surface area contributed by atoms with Crippen molar-refractivity contribution in [3.8, 4) is 11.6 Å². The third kappa shape index (κ3) is 2.29. The number of aromatic nitrogens is 1. The summed E-state index contributed by atoms with van der Waals surface area (Å²) in [6, 6.07) is 8.97. The van der Waals surface area contributed by atoms with Crippen LogP contribution >= 0.6 is 23.2 Å². The van der Waals surface area contributed by atoms with Crippen molar-refractivity contribution in [2.45, 2.75) is 6.92 Å². The Morgan fingerprint density at radius 3 is 2.38 bits per heavy atom. The van der Waals surface area contributed by atoms with Crippen LogP contribution in [-0.4, -0.2) is 4.98 Å². The van der Waals surface area contributed by atoms with E-state index in [-0.39, 0.29) is 0 Å². The number of hydrogen-bond donors (Lipinski definition) is 0. The molecule has 82 valence electrons. The Morgan fingerprint density at radius 1 is 1.06 bits per heavy atom. The second-order valence-corrected chi connectivity index (χ2v) is 4.09. The number of rotatable bonds is 2. The van der Waals surface area contributed by atoms with Crippen LogP contribution in [0.15, 0.2) is 36.5 Å². The number of halogens is 2. The van der Waals surface area contributed by atoms with Gasteiger partial charge < -0.3 is 4.74 Å². The molecule has 4 heteroatoms. The van der Waals surface area contributed by atoms with Gasteiger partial charge in [-0.2, -0.15) is 0 Å². The fourth-order valence-electron chi connectivity index (χ4n) is 1.25. The predicted octanol–water partition coefficient (Wildman–Crippen LogP) is 4.49. The number of aryl methyl sites for hydroxylation is 1. The Kier molecular flexibility index (Phi) is 3.32. The van der Waals surface area contributed by atoms with Crippen LogP contribution in [0.4, 0.5) is 0 Å². The molecule has 1 heterocycles. The van der Waals surface area contributed by atoms with Crippen molar-refractivity contribution in [3.05, 3.63) is 52.1 Å². The van der Waals surface area contributed by atoms with Crippen LogP contribution < -0.4 is 4.74 Å². The molecular weight excluding hydrogens is 245 g/mol. The number of hydrogen-bond acceptors (Lipinski definition) is 2. The molecule has 0 N–H and O–H groups in total. The molecule has 0 aliphatic heterocycles. The summed E-state index contributed by atoms with van der Waals surface area (Å²) < 4.78 is 5.60. The Bertz CT molecular complexity index is 494. The number of benzene rings is 1. The summed E-state index contributed by atoms with van der Waals surface area (Å²) in [4.78, 5) is 4.12. The maximum Gasteiger partial charge on any atom is 0.222 e. The first-order valence-corrected chi connectivity index (χ1v) is 5.47. The van der Waals surface area contributed by atoms with E-state index in [1.54, 1.807) is 24.4 Å². The van der Waals surface area contributed by atoms with E-state index in [9.17, 15) is 0 Å². The first-order valence-electron chi connectivity index (χ1n) is 4.72. The molecule has 16 heavy (non-hydrogen) atoms. The molecule has 2 aromatic rings. The lowest BCUT2D eigenvalue weighted by molar-refractivity contribution is 0.459. The summed E-state index contributed by atoms with van der Waals surface area (Å²) in [5.41, 5.74) is 0.929. The largest absolute Gasteiger partial charge is 0.436 e. The molecule has 2 rings (SSSR count). The molecule has 0 atom stereocenters. The summed E-state index contributed by atoms with van der Waals surface area (Å²) in [5.74, 6) is 0.949. The highest BCUT2D eigenvalue weighted by molar-refractivity contribution is 6.37. The van der Waals surface area contributed by atoms with Gasteiger partial charge in [-0.1, -0.05) is 35.3 Å². The third-order valence-corrected chi connectivity index (χ3v) is 2.67. The summed E-state index contributed by atoms with van der Waals surface area (Å²) in [6.45, 7) is 1.91. The Morgan fingerprint density at radius 2 is 1.75 bits per heavy atom. The molecule has 0 unspecified atom stereocenters. The highest BCUT2D eigenvalue weighted by Gasteiger charge is 2.09. The fraction of sp³-hybridized carbons (Fsp3) is 0.0833. The van der Waals surface area contributed by atoms with Gasteiger partial charge in [0.05, 0.1) is 10.0 Å². The number of para-hydroxylation sites is 1. The van der Waals surface area contributed by atoms with Crippen LogP contribution in [0.5, 0.6) is 11.6 Å². The maximum atomic E-state index is 5.99. The van der Waals surface area contributed by atoms with Crippen molar-refractivity contribution in [2.75, 3.05) is 0 Å². The standard InChI is InChI=1S/C12H9Cl2NO/c1-8-4-3-7-15-12(8)16-11-9(13)5-2-6-10(11)14/h2-7H,1H3. The zero-order chi connectivity index (χ0) is 11.5. The van der Waals surface area contributed by atoms with E-state index in [0.717, 1.165) is 5.56 Å². The molecule has 0 saturated heterocycles. The van der Waals surface area contributed by atoms with Crippen LogP contribution in [0, 0.1) is 6.92 Å². The van der Waals surface area contributed by atoms with E-state index < -0.39 is 0 Å². The number of pyridine rings is 1. The van der Waals surface area contributed by atoms with Gasteiger partial charge in [-0.05, 0) is 25.1 Å². The molecule has 1 aromatic carbocycles. The monoisotopic (exact) mass is 253 g/mol. The van der Waals surface area contributed by atoms with E-state index in [1.165, 1.54) is 0 Å². The third-order valence-electron chi connectivity index (χ3n) is 2.08. The first-order chi connectivity index (χ1) is 7.68. The molecule has 2 nitrogen and oxygen atoms in total. The molecule has 0 aliphatic carbocycles. The minimum atomic E-state index is 0.438.